The summed E-state index contributed by atoms with van der Waals surface area (Å²) in [7, 11) is 1.28. The van der Waals surface area contributed by atoms with Gasteiger partial charge in [-0.25, -0.2) is 14.2 Å². The predicted octanol–water partition coefficient (Wildman–Crippen LogP) is 5.01. The number of rotatable bonds is 9. The van der Waals surface area contributed by atoms with E-state index in [9.17, 15) is 14.0 Å². The van der Waals surface area contributed by atoms with Gasteiger partial charge in [-0.3, -0.25) is 9.89 Å². The first kappa shape index (κ1) is 24.7. The number of aromatic amines is 1. The number of nitrogens with one attached hydrogen (secondary N) is 3. The van der Waals surface area contributed by atoms with Crippen molar-refractivity contribution >= 4 is 57.0 Å². The average Bonchev–Trinajstić information content (AvgIpc) is 3.52. The number of carbonyl (C=O) groups is 2. The number of hydrogen-bond donors (Lipinski definition) is 3. The Hall–Kier alpha value is -5.00. The molecule has 3 N–H and O–H groups in total. The molecule has 194 valence electrons. The number of carbonyl (C=O) groups excluding carboxylic acids is 2. The Morgan fingerprint density at radius 3 is 2.74 bits per heavy atom. The third-order valence-corrected chi connectivity index (χ3v) is 5.68. The SMILES string of the molecule is CCOC(=O)CCc1n[nH]c2cc(Nc3nc(Nc4ccc5oc(C(=O)OC)cc5c4)ncc3F)ccc12. The third kappa shape index (κ3) is 5.24. The normalized spacial score (nSPS) is 11.0. The minimum absolute atomic E-state index is 0.0266. The Bertz CT molecular complexity index is 1650. The molecule has 3 heterocycles. The Kier molecular flexibility index (Phi) is 6.85. The van der Waals surface area contributed by atoms with Crippen LogP contribution in [0.5, 0.6) is 0 Å². The predicted molar refractivity (Wildman–Crippen MR) is 137 cm³/mol. The fourth-order valence-corrected chi connectivity index (χ4v) is 3.90. The smallest absolute Gasteiger partial charge is 0.373 e. The van der Waals surface area contributed by atoms with E-state index < -0.39 is 11.8 Å². The Labute approximate surface area is 215 Å². The molecule has 3 aromatic heterocycles. The molecule has 0 atom stereocenters. The fourth-order valence-electron chi connectivity index (χ4n) is 3.90. The lowest BCUT2D eigenvalue weighted by Gasteiger charge is -2.10. The standard InChI is InChI=1S/C26H23FN6O5/c1-3-37-23(34)9-7-19-17-6-4-16(12-20(17)33-32-19)29-24-18(27)13-28-26(31-24)30-15-5-8-21-14(10-15)11-22(38-21)25(35)36-2/h4-6,8,10-13H,3,7,9H2,1-2H3,(H,32,33)(H2,28,29,30,31). The van der Waals surface area contributed by atoms with Crippen LogP contribution in [0.4, 0.5) is 27.5 Å². The summed E-state index contributed by atoms with van der Waals surface area (Å²) in [6.07, 6.45) is 1.73. The summed E-state index contributed by atoms with van der Waals surface area (Å²) in [5.41, 5.74) is 3.17. The van der Waals surface area contributed by atoms with Crippen LogP contribution >= 0.6 is 0 Å². The number of benzene rings is 2. The first-order valence-electron chi connectivity index (χ1n) is 11.7. The molecule has 38 heavy (non-hydrogen) atoms. The highest BCUT2D eigenvalue weighted by Crippen LogP contribution is 2.27. The number of aromatic nitrogens is 4. The van der Waals surface area contributed by atoms with Crippen molar-refractivity contribution in [1.29, 1.82) is 0 Å². The van der Waals surface area contributed by atoms with Gasteiger partial charge in [-0.15, -0.1) is 0 Å². The van der Waals surface area contributed by atoms with Gasteiger partial charge in [0.15, 0.2) is 11.6 Å². The number of methoxy groups -OCH3 is 1. The molecule has 0 saturated carbocycles. The number of halogens is 1. The summed E-state index contributed by atoms with van der Waals surface area (Å²) in [4.78, 5) is 31.6. The summed E-state index contributed by atoms with van der Waals surface area (Å²) >= 11 is 0. The number of nitrogens with zero attached hydrogens (tertiary/aromatic N) is 3. The van der Waals surface area contributed by atoms with Crippen LogP contribution in [0, 0.1) is 5.82 Å². The minimum Gasteiger partial charge on any atom is -0.466 e. The molecule has 0 fully saturated rings. The number of H-pyrrole nitrogens is 1. The van der Waals surface area contributed by atoms with Crippen LogP contribution in [0.2, 0.25) is 0 Å². The van der Waals surface area contributed by atoms with Gasteiger partial charge in [-0.1, -0.05) is 0 Å². The van der Waals surface area contributed by atoms with Crippen LogP contribution < -0.4 is 10.6 Å². The van der Waals surface area contributed by atoms with E-state index >= 15 is 0 Å². The molecule has 0 bridgehead atoms. The van der Waals surface area contributed by atoms with E-state index in [-0.39, 0.29) is 29.9 Å². The number of furan rings is 1. The van der Waals surface area contributed by atoms with Crippen molar-refractivity contribution in [3.8, 4) is 0 Å². The van der Waals surface area contributed by atoms with Crippen LogP contribution in [0.3, 0.4) is 0 Å². The number of anilines is 4. The zero-order chi connectivity index (χ0) is 26.6. The molecule has 0 aliphatic heterocycles. The number of ether oxygens (including phenoxy) is 2. The van der Waals surface area contributed by atoms with E-state index in [0.717, 1.165) is 22.8 Å². The third-order valence-electron chi connectivity index (χ3n) is 5.68. The number of esters is 2. The summed E-state index contributed by atoms with van der Waals surface area (Å²) in [6, 6.07) is 12.1. The zero-order valence-electron chi connectivity index (χ0n) is 20.5. The van der Waals surface area contributed by atoms with E-state index in [1.807, 2.05) is 6.07 Å². The Morgan fingerprint density at radius 1 is 1.11 bits per heavy atom. The highest BCUT2D eigenvalue weighted by atomic mass is 19.1. The Morgan fingerprint density at radius 2 is 1.92 bits per heavy atom. The second kappa shape index (κ2) is 10.5. The maximum absolute atomic E-state index is 14.5. The average molecular weight is 519 g/mol. The summed E-state index contributed by atoms with van der Waals surface area (Å²) in [5.74, 6) is -1.27. The van der Waals surface area contributed by atoms with Gasteiger partial charge >= 0.3 is 11.9 Å². The topological polar surface area (TPSA) is 144 Å². The molecule has 5 aromatic rings. The van der Waals surface area contributed by atoms with Crippen LogP contribution in [-0.4, -0.2) is 45.8 Å². The van der Waals surface area contributed by atoms with Crippen LogP contribution in [0.25, 0.3) is 21.9 Å². The van der Waals surface area contributed by atoms with Gasteiger partial charge in [-0.2, -0.15) is 10.1 Å². The Balaban J connectivity index is 1.31. The second-order valence-electron chi connectivity index (χ2n) is 8.23. The van der Waals surface area contributed by atoms with Gasteiger partial charge in [0.05, 0.1) is 37.5 Å². The van der Waals surface area contributed by atoms with Crippen molar-refractivity contribution in [1.82, 2.24) is 20.2 Å². The van der Waals surface area contributed by atoms with Crippen molar-refractivity contribution in [3.05, 3.63) is 65.9 Å². The van der Waals surface area contributed by atoms with Crippen molar-refractivity contribution in [2.45, 2.75) is 19.8 Å². The highest BCUT2D eigenvalue weighted by Gasteiger charge is 2.14. The van der Waals surface area contributed by atoms with Crippen molar-refractivity contribution in [2.75, 3.05) is 24.4 Å². The first-order valence-corrected chi connectivity index (χ1v) is 11.7. The maximum atomic E-state index is 14.5. The van der Waals surface area contributed by atoms with Crippen LogP contribution in [0.15, 0.2) is 53.1 Å². The molecule has 11 nitrogen and oxygen atoms in total. The van der Waals surface area contributed by atoms with E-state index in [4.69, 9.17) is 9.15 Å². The van der Waals surface area contributed by atoms with Crippen LogP contribution in [0.1, 0.15) is 29.6 Å². The summed E-state index contributed by atoms with van der Waals surface area (Å²) < 4.78 is 29.7. The quantitative estimate of drug-likeness (QED) is 0.228. The first-order chi connectivity index (χ1) is 18.4. The van der Waals surface area contributed by atoms with E-state index in [0.29, 0.717) is 35.4 Å². The van der Waals surface area contributed by atoms with Crippen molar-refractivity contribution < 1.29 is 27.9 Å². The van der Waals surface area contributed by atoms with E-state index in [1.165, 1.54) is 7.11 Å². The lowest BCUT2D eigenvalue weighted by atomic mass is 10.1. The van der Waals surface area contributed by atoms with Gasteiger partial charge in [0, 0.05) is 28.6 Å². The lowest BCUT2D eigenvalue weighted by Crippen LogP contribution is -2.05. The fraction of sp³-hybridized carbons (Fsp3) is 0.192. The van der Waals surface area contributed by atoms with Gasteiger partial charge in [0.2, 0.25) is 11.7 Å². The molecule has 0 amide bonds. The monoisotopic (exact) mass is 518 g/mol. The highest BCUT2D eigenvalue weighted by molar-refractivity contribution is 5.93. The van der Waals surface area contributed by atoms with Crippen molar-refractivity contribution in [2.24, 2.45) is 0 Å². The molecule has 5 rings (SSSR count). The largest absolute Gasteiger partial charge is 0.466 e. The van der Waals surface area contributed by atoms with Crippen molar-refractivity contribution in [3.63, 3.8) is 0 Å². The minimum atomic E-state index is -0.636. The van der Waals surface area contributed by atoms with Gasteiger partial charge in [0.1, 0.15) is 5.58 Å². The number of hydrogen-bond acceptors (Lipinski definition) is 10. The molecule has 0 unspecified atom stereocenters. The number of fused-ring (bicyclic) bond motifs is 2. The molecule has 2 aromatic carbocycles. The van der Waals surface area contributed by atoms with E-state index in [1.54, 1.807) is 43.3 Å². The zero-order valence-corrected chi connectivity index (χ0v) is 20.5. The molecular formula is C26H23FN6O5. The maximum Gasteiger partial charge on any atom is 0.373 e. The summed E-state index contributed by atoms with van der Waals surface area (Å²) in [6.45, 7) is 2.10. The van der Waals surface area contributed by atoms with Gasteiger partial charge in [0.25, 0.3) is 0 Å². The molecule has 0 radical (unpaired) electrons. The van der Waals surface area contributed by atoms with Gasteiger partial charge in [-0.05, 0) is 49.4 Å². The number of aryl methyl sites for hydroxylation is 1. The summed E-state index contributed by atoms with van der Waals surface area (Å²) in [5, 5.41) is 14.7. The molecule has 0 saturated heterocycles. The van der Waals surface area contributed by atoms with Gasteiger partial charge < -0.3 is 24.5 Å². The molecule has 12 heteroatoms. The lowest BCUT2D eigenvalue weighted by molar-refractivity contribution is -0.143. The molecule has 0 aliphatic carbocycles. The molecule has 0 aliphatic rings. The molecular weight excluding hydrogens is 495 g/mol. The van der Waals surface area contributed by atoms with Crippen LogP contribution in [-0.2, 0) is 20.7 Å². The second-order valence-corrected chi connectivity index (χ2v) is 8.23. The van der Waals surface area contributed by atoms with E-state index in [2.05, 4.69) is 35.5 Å². The molecule has 0 spiro atoms.